The minimum Gasteiger partial charge on any atom is -0.461 e. The molecule has 1 aromatic rings. The van der Waals surface area contributed by atoms with Crippen molar-refractivity contribution >= 4 is 46.5 Å². The Morgan fingerprint density at radius 2 is 2.31 bits per heavy atom. The molecule has 0 saturated heterocycles. The first-order chi connectivity index (χ1) is 6.15. The lowest BCUT2D eigenvalue weighted by molar-refractivity contribution is -0.129. The molecular weight excluding hydrogens is 308 g/mol. The van der Waals surface area contributed by atoms with E-state index in [0.29, 0.717) is 15.9 Å². The number of ether oxygens (including phenoxy) is 1. The summed E-state index contributed by atoms with van der Waals surface area (Å²) in [5.41, 5.74) is 5.88. The quantitative estimate of drug-likeness (QED) is 0.665. The Balaban J connectivity index is 2.94. The SMILES string of the molecule is Nc1nc(Cl)c(I)nc1COC=O. The number of nitrogens with two attached hydrogens (primary N) is 1. The average molecular weight is 313 g/mol. The second kappa shape index (κ2) is 4.56. The Morgan fingerprint density at radius 3 is 2.92 bits per heavy atom. The molecule has 0 aromatic carbocycles. The summed E-state index contributed by atoms with van der Waals surface area (Å²) in [7, 11) is 0. The molecule has 13 heavy (non-hydrogen) atoms. The van der Waals surface area contributed by atoms with Gasteiger partial charge in [-0.05, 0) is 22.6 Å². The predicted molar refractivity (Wildman–Crippen MR) is 55.0 cm³/mol. The number of nitrogen functional groups attached to an aromatic ring is 1. The van der Waals surface area contributed by atoms with Crippen LogP contribution in [0.3, 0.4) is 0 Å². The molecule has 1 aromatic heterocycles. The molecule has 0 atom stereocenters. The van der Waals surface area contributed by atoms with Gasteiger partial charge in [-0.1, -0.05) is 11.6 Å². The number of carbonyl (C=O) groups is 1. The normalized spacial score (nSPS) is 9.69. The highest BCUT2D eigenvalue weighted by atomic mass is 127. The molecule has 0 unspecified atom stereocenters. The summed E-state index contributed by atoms with van der Waals surface area (Å²) in [5.74, 6) is 0.173. The van der Waals surface area contributed by atoms with Crippen molar-refractivity contribution in [3.05, 3.63) is 14.5 Å². The van der Waals surface area contributed by atoms with Crippen molar-refractivity contribution < 1.29 is 9.53 Å². The van der Waals surface area contributed by atoms with Crippen LogP contribution in [0.25, 0.3) is 0 Å². The van der Waals surface area contributed by atoms with Gasteiger partial charge in [-0.3, -0.25) is 4.79 Å². The highest BCUT2D eigenvalue weighted by Crippen LogP contribution is 2.17. The van der Waals surface area contributed by atoms with Crippen molar-refractivity contribution in [1.82, 2.24) is 9.97 Å². The minimum absolute atomic E-state index is 0.00943. The van der Waals surface area contributed by atoms with Crippen molar-refractivity contribution in [3.63, 3.8) is 0 Å². The predicted octanol–water partition coefficient (Wildman–Crippen LogP) is 0.990. The second-order valence-electron chi connectivity index (χ2n) is 2.04. The highest BCUT2D eigenvalue weighted by molar-refractivity contribution is 14.1. The standard InChI is InChI=1S/C6H5ClIN3O2/c7-4-5(8)10-3(1-13-2-12)6(9)11-4/h2H,1H2,(H2,9,11). The first-order valence-corrected chi connectivity index (χ1v) is 4.63. The summed E-state index contributed by atoms with van der Waals surface area (Å²) >= 11 is 7.56. The maximum Gasteiger partial charge on any atom is 0.293 e. The molecular formula is C6H5ClIN3O2. The van der Waals surface area contributed by atoms with Crippen LogP contribution < -0.4 is 5.73 Å². The third-order valence-corrected chi connectivity index (χ3v) is 2.54. The van der Waals surface area contributed by atoms with Gasteiger partial charge < -0.3 is 10.5 Å². The Kier molecular flexibility index (Phi) is 3.67. The van der Waals surface area contributed by atoms with Crippen LogP contribution in [0.5, 0.6) is 0 Å². The van der Waals surface area contributed by atoms with Crippen molar-refractivity contribution in [2.24, 2.45) is 0 Å². The fourth-order valence-corrected chi connectivity index (χ4v) is 1.20. The van der Waals surface area contributed by atoms with Gasteiger partial charge in [0.25, 0.3) is 6.47 Å². The van der Waals surface area contributed by atoms with Crippen LogP contribution in [0.15, 0.2) is 0 Å². The fraction of sp³-hybridized carbons (Fsp3) is 0.167. The van der Waals surface area contributed by atoms with Crippen molar-refractivity contribution in [3.8, 4) is 0 Å². The molecule has 2 N–H and O–H groups in total. The molecule has 0 radical (unpaired) electrons. The first kappa shape index (κ1) is 10.5. The third kappa shape index (κ3) is 2.66. The Morgan fingerprint density at radius 1 is 1.62 bits per heavy atom. The highest BCUT2D eigenvalue weighted by Gasteiger charge is 2.07. The number of hydrogen-bond donors (Lipinski definition) is 1. The van der Waals surface area contributed by atoms with Crippen LogP contribution in [0.1, 0.15) is 5.69 Å². The molecule has 5 nitrogen and oxygen atoms in total. The van der Waals surface area contributed by atoms with E-state index in [-0.39, 0.29) is 17.6 Å². The van der Waals surface area contributed by atoms with E-state index in [2.05, 4.69) is 14.7 Å². The van der Waals surface area contributed by atoms with Gasteiger partial charge in [-0.2, -0.15) is 0 Å². The largest absolute Gasteiger partial charge is 0.461 e. The number of carbonyl (C=O) groups excluding carboxylic acids is 1. The van der Waals surface area contributed by atoms with Gasteiger partial charge in [-0.15, -0.1) is 0 Å². The molecule has 0 aliphatic rings. The number of anilines is 1. The van der Waals surface area contributed by atoms with E-state index >= 15 is 0 Å². The van der Waals surface area contributed by atoms with Gasteiger partial charge in [0.15, 0.2) is 11.0 Å². The third-order valence-electron chi connectivity index (χ3n) is 1.21. The lowest BCUT2D eigenvalue weighted by Gasteiger charge is -2.03. The van der Waals surface area contributed by atoms with Crippen LogP contribution in [0, 0.1) is 3.70 Å². The molecule has 7 heteroatoms. The van der Waals surface area contributed by atoms with E-state index in [9.17, 15) is 4.79 Å². The molecule has 0 aliphatic carbocycles. The zero-order chi connectivity index (χ0) is 9.84. The summed E-state index contributed by atoms with van der Waals surface area (Å²) in [6, 6.07) is 0. The molecule has 1 rings (SSSR count). The molecule has 0 aliphatic heterocycles. The Hall–Kier alpha value is -0.630. The molecule has 0 saturated carbocycles. The fourth-order valence-electron chi connectivity index (χ4n) is 0.657. The van der Waals surface area contributed by atoms with Crippen LogP contribution in [-0.2, 0) is 16.1 Å². The molecule has 0 amide bonds. The van der Waals surface area contributed by atoms with E-state index in [1.807, 2.05) is 22.6 Å². The van der Waals surface area contributed by atoms with Crippen LogP contribution in [0.2, 0.25) is 5.15 Å². The van der Waals surface area contributed by atoms with E-state index in [1.54, 1.807) is 0 Å². The van der Waals surface area contributed by atoms with Crippen molar-refractivity contribution in [2.45, 2.75) is 6.61 Å². The summed E-state index contributed by atoms with van der Waals surface area (Å²) < 4.78 is 5.01. The van der Waals surface area contributed by atoms with Crippen molar-refractivity contribution in [2.75, 3.05) is 5.73 Å². The number of aromatic nitrogens is 2. The smallest absolute Gasteiger partial charge is 0.293 e. The lowest BCUT2D eigenvalue weighted by atomic mass is 10.4. The molecule has 1 heterocycles. The first-order valence-electron chi connectivity index (χ1n) is 3.17. The van der Waals surface area contributed by atoms with Gasteiger partial charge in [-0.25, -0.2) is 9.97 Å². The number of halogens is 2. The summed E-state index contributed by atoms with van der Waals surface area (Å²) in [5, 5.41) is 0.243. The van der Waals surface area contributed by atoms with Crippen LogP contribution >= 0.6 is 34.2 Å². The van der Waals surface area contributed by atoms with Crippen LogP contribution in [-0.4, -0.2) is 16.4 Å². The van der Waals surface area contributed by atoms with Gasteiger partial charge >= 0.3 is 0 Å². The molecule has 0 spiro atoms. The molecule has 0 fully saturated rings. The maximum atomic E-state index is 9.90. The summed E-state index contributed by atoms with van der Waals surface area (Å²) in [6.07, 6.45) is 0. The van der Waals surface area contributed by atoms with E-state index in [1.165, 1.54) is 0 Å². The van der Waals surface area contributed by atoms with E-state index < -0.39 is 0 Å². The minimum atomic E-state index is 0.00943. The maximum absolute atomic E-state index is 9.90. The monoisotopic (exact) mass is 313 g/mol. The Bertz CT molecular complexity index is 334. The van der Waals surface area contributed by atoms with Crippen LogP contribution in [0.4, 0.5) is 5.82 Å². The van der Waals surface area contributed by atoms with E-state index in [0.717, 1.165) is 0 Å². The molecule has 70 valence electrons. The van der Waals surface area contributed by atoms with Crippen molar-refractivity contribution in [1.29, 1.82) is 0 Å². The number of nitrogens with zero attached hydrogens (tertiary/aromatic N) is 2. The van der Waals surface area contributed by atoms with Gasteiger partial charge in [0.1, 0.15) is 16.0 Å². The van der Waals surface area contributed by atoms with Gasteiger partial charge in [0, 0.05) is 0 Å². The average Bonchev–Trinajstić information content (AvgIpc) is 2.09. The molecule has 0 bridgehead atoms. The Labute approximate surface area is 92.8 Å². The topological polar surface area (TPSA) is 78.1 Å². The zero-order valence-electron chi connectivity index (χ0n) is 6.33. The van der Waals surface area contributed by atoms with Gasteiger partial charge in [0.05, 0.1) is 0 Å². The summed E-state index contributed by atoms with van der Waals surface area (Å²) in [6.45, 7) is 0.331. The number of hydrogen-bond acceptors (Lipinski definition) is 5. The lowest BCUT2D eigenvalue weighted by Crippen LogP contribution is -2.05. The number of rotatable bonds is 3. The zero-order valence-corrected chi connectivity index (χ0v) is 9.24. The summed E-state index contributed by atoms with van der Waals surface area (Å²) in [4.78, 5) is 17.7. The van der Waals surface area contributed by atoms with E-state index in [4.69, 9.17) is 17.3 Å². The second-order valence-corrected chi connectivity index (χ2v) is 3.42. The van der Waals surface area contributed by atoms with Gasteiger partial charge in [0.2, 0.25) is 0 Å².